The van der Waals surface area contributed by atoms with E-state index in [1.165, 1.54) is 11.8 Å². The van der Waals surface area contributed by atoms with Crippen LogP contribution >= 0.6 is 11.8 Å². The average Bonchev–Trinajstić information content (AvgIpc) is 3.17. The zero-order valence-electron chi connectivity index (χ0n) is 19.4. The van der Waals surface area contributed by atoms with Crippen LogP contribution < -0.4 is 5.32 Å². The zero-order valence-corrected chi connectivity index (χ0v) is 20.2. The number of rotatable bonds is 7. The van der Waals surface area contributed by atoms with Crippen molar-refractivity contribution in [2.45, 2.75) is 11.7 Å². The number of benzene rings is 3. The van der Waals surface area contributed by atoms with Crippen molar-refractivity contribution >= 4 is 50.9 Å². The summed E-state index contributed by atoms with van der Waals surface area (Å²) in [6, 6.07) is 23.4. The number of ether oxygens (including phenoxy) is 1. The van der Waals surface area contributed by atoms with Gasteiger partial charge in [-0.15, -0.1) is 0 Å². The number of anilines is 1. The molecule has 0 aromatic heterocycles. The summed E-state index contributed by atoms with van der Waals surface area (Å²) in [5.74, 6) is -0.243. The van der Waals surface area contributed by atoms with Gasteiger partial charge in [0.05, 0.1) is 18.9 Å². The standard InChI is InChI=1S/C27H28N4O3S/c32-25(28-21-9-2-1-3-10-21)19-24-26(33)31(14-13-30-15-17-34-18-16-30)27(35-24)29-23-12-6-8-20-7-4-5-11-22(20)23/h1-12,24H,13-19H2,(H,28,32)/t24-/m1/s1. The summed E-state index contributed by atoms with van der Waals surface area (Å²) >= 11 is 1.38. The first-order chi connectivity index (χ1) is 17.2. The monoisotopic (exact) mass is 488 g/mol. The second-order valence-corrected chi connectivity index (χ2v) is 9.73. The molecular formula is C27H28N4O3S. The predicted molar refractivity (Wildman–Crippen MR) is 141 cm³/mol. The second kappa shape index (κ2) is 11.0. The molecule has 1 atom stereocenters. The van der Waals surface area contributed by atoms with E-state index in [1.807, 2.05) is 60.7 Å². The minimum Gasteiger partial charge on any atom is -0.379 e. The number of carbonyl (C=O) groups excluding carboxylic acids is 2. The summed E-state index contributed by atoms with van der Waals surface area (Å²) in [4.78, 5) is 35.1. The number of hydrogen-bond acceptors (Lipinski definition) is 6. The molecule has 2 fully saturated rings. The number of para-hydroxylation sites is 1. The molecule has 5 rings (SSSR count). The molecule has 1 N–H and O–H groups in total. The van der Waals surface area contributed by atoms with Gasteiger partial charge in [0.2, 0.25) is 11.8 Å². The summed E-state index contributed by atoms with van der Waals surface area (Å²) in [5, 5.41) is 5.17. The average molecular weight is 489 g/mol. The Kier molecular flexibility index (Phi) is 7.42. The number of fused-ring (bicyclic) bond motifs is 1. The van der Waals surface area contributed by atoms with Gasteiger partial charge in [0.15, 0.2) is 5.17 Å². The van der Waals surface area contributed by atoms with Crippen molar-refractivity contribution in [3.8, 4) is 0 Å². The molecule has 7 nitrogen and oxygen atoms in total. The van der Waals surface area contributed by atoms with Crippen LogP contribution in [0.5, 0.6) is 0 Å². The summed E-state index contributed by atoms with van der Waals surface area (Å²) in [7, 11) is 0. The number of nitrogens with one attached hydrogen (secondary N) is 1. The molecule has 35 heavy (non-hydrogen) atoms. The van der Waals surface area contributed by atoms with E-state index in [2.05, 4.69) is 22.3 Å². The second-order valence-electron chi connectivity index (χ2n) is 8.56. The van der Waals surface area contributed by atoms with Crippen LogP contribution in [0.2, 0.25) is 0 Å². The van der Waals surface area contributed by atoms with E-state index in [4.69, 9.17) is 9.73 Å². The quantitative estimate of drug-likeness (QED) is 0.541. The Bertz CT molecular complexity index is 1220. The first-order valence-electron chi connectivity index (χ1n) is 11.9. The Morgan fingerprint density at radius 2 is 1.71 bits per heavy atom. The zero-order chi connectivity index (χ0) is 24.0. The molecule has 0 aliphatic carbocycles. The Balaban J connectivity index is 1.37. The number of amidine groups is 1. The van der Waals surface area contributed by atoms with Crippen LogP contribution in [0.4, 0.5) is 11.4 Å². The largest absolute Gasteiger partial charge is 0.379 e. The molecule has 3 aromatic carbocycles. The molecule has 180 valence electrons. The lowest BCUT2D eigenvalue weighted by molar-refractivity contribution is -0.128. The molecule has 2 saturated heterocycles. The number of amides is 2. The third-order valence-corrected chi connectivity index (χ3v) is 7.35. The number of carbonyl (C=O) groups is 2. The Hall–Kier alpha value is -3.20. The van der Waals surface area contributed by atoms with Crippen molar-refractivity contribution < 1.29 is 14.3 Å². The summed E-state index contributed by atoms with van der Waals surface area (Å²) in [5.41, 5.74) is 1.55. The third-order valence-electron chi connectivity index (χ3n) is 6.17. The number of morpholine rings is 1. The fourth-order valence-corrected chi connectivity index (χ4v) is 5.48. The van der Waals surface area contributed by atoms with Gasteiger partial charge >= 0.3 is 0 Å². The van der Waals surface area contributed by atoms with E-state index in [9.17, 15) is 9.59 Å². The Morgan fingerprint density at radius 3 is 2.54 bits per heavy atom. The van der Waals surface area contributed by atoms with Crippen LogP contribution in [0.15, 0.2) is 77.8 Å². The number of thioether (sulfide) groups is 1. The maximum Gasteiger partial charge on any atom is 0.242 e. The molecule has 0 spiro atoms. The van der Waals surface area contributed by atoms with Crippen LogP contribution in [0.3, 0.4) is 0 Å². The van der Waals surface area contributed by atoms with E-state index in [0.717, 1.165) is 41.8 Å². The molecule has 0 saturated carbocycles. The van der Waals surface area contributed by atoms with Crippen molar-refractivity contribution in [2.24, 2.45) is 4.99 Å². The lowest BCUT2D eigenvalue weighted by Crippen LogP contribution is -2.43. The molecule has 2 aliphatic rings. The molecule has 0 unspecified atom stereocenters. The van der Waals surface area contributed by atoms with Crippen molar-refractivity contribution in [2.75, 3.05) is 44.7 Å². The third kappa shape index (κ3) is 5.73. The number of hydrogen-bond donors (Lipinski definition) is 1. The SMILES string of the molecule is O=C(C[C@H]1SC(=Nc2cccc3ccccc23)N(CCN2CCOCC2)C1=O)Nc1ccccc1. The van der Waals surface area contributed by atoms with E-state index < -0.39 is 5.25 Å². The highest BCUT2D eigenvalue weighted by Gasteiger charge is 2.39. The highest BCUT2D eigenvalue weighted by atomic mass is 32.2. The maximum absolute atomic E-state index is 13.4. The van der Waals surface area contributed by atoms with E-state index >= 15 is 0 Å². The highest BCUT2D eigenvalue weighted by molar-refractivity contribution is 8.15. The van der Waals surface area contributed by atoms with E-state index in [1.54, 1.807) is 4.90 Å². The van der Waals surface area contributed by atoms with Crippen molar-refractivity contribution in [3.05, 3.63) is 72.8 Å². The minimum atomic E-state index is -0.503. The van der Waals surface area contributed by atoms with Crippen LogP contribution in [0.25, 0.3) is 10.8 Å². The molecule has 2 aliphatic heterocycles. The smallest absolute Gasteiger partial charge is 0.242 e. The molecule has 0 bridgehead atoms. The van der Waals surface area contributed by atoms with Crippen LogP contribution in [0.1, 0.15) is 6.42 Å². The van der Waals surface area contributed by atoms with Gasteiger partial charge in [-0.1, -0.05) is 66.4 Å². The summed E-state index contributed by atoms with van der Waals surface area (Å²) < 4.78 is 5.45. The highest BCUT2D eigenvalue weighted by Crippen LogP contribution is 2.34. The summed E-state index contributed by atoms with van der Waals surface area (Å²) in [6.45, 7) is 4.41. The van der Waals surface area contributed by atoms with Gasteiger partial charge in [0.1, 0.15) is 5.25 Å². The Labute approximate surface area is 209 Å². The van der Waals surface area contributed by atoms with Gasteiger partial charge in [-0.25, -0.2) is 4.99 Å². The maximum atomic E-state index is 13.4. The predicted octanol–water partition coefficient (Wildman–Crippen LogP) is 4.13. The molecular weight excluding hydrogens is 460 g/mol. The van der Waals surface area contributed by atoms with Gasteiger partial charge in [-0.2, -0.15) is 0 Å². The van der Waals surface area contributed by atoms with Crippen molar-refractivity contribution in [1.82, 2.24) is 9.80 Å². The normalized spacial score (nSPS) is 20.0. The first-order valence-corrected chi connectivity index (χ1v) is 12.7. The molecule has 2 heterocycles. The lowest BCUT2D eigenvalue weighted by atomic mass is 10.1. The van der Waals surface area contributed by atoms with Gasteiger partial charge in [-0.3, -0.25) is 19.4 Å². The number of nitrogens with zero attached hydrogens (tertiary/aromatic N) is 3. The van der Waals surface area contributed by atoms with Crippen LogP contribution in [0, 0.1) is 0 Å². The lowest BCUT2D eigenvalue weighted by Gasteiger charge is -2.28. The van der Waals surface area contributed by atoms with Crippen LogP contribution in [-0.2, 0) is 14.3 Å². The minimum absolute atomic E-state index is 0.0644. The van der Waals surface area contributed by atoms with Crippen molar-refractivity contribution in [1.29, 1.82) is 0 Å². The van der Waals surface area contributed by atoms with Crippen molar-refractivity contribution in [3.63, 3.8) is 0 Å². The van der Waals surface area contributed by atoms with E-state index in [0.29, 0.717) is 24.9 Å². The molecule has 8 heteroatoms. The number of aliphatic imine (C=N–C) groups is 1. The van der Waals surface area contributed by atoms with Gasteiger partial charge in [-0.05, 0) is 23.6 Å². The molecule has 0 radical (unpaired) electrons. The van der Waals surface area contributed by atoms with Gasteiger partial charge < -0.3 is 10.1 Å². The summed E-state index contributed by atoms with van der Waals surface area (Å²) in [6.07, 6.45) is 0.0982. The van der Waals surface area contributed by atoms with Gasteiger partial charge in [0.25, 0.3) is 0 Å². The molecule has 3 aromatic rings. The van der Waals surface area contributed by atoms with E-state index in [-0.39, 0.29) is 18.2 Å². The first kappa shape index (κ1) is 23.5. The fourth-order valence-electron chi connectivity index (χ4n) is 4.31. The molecule has 2 amide bonds. The van der Waals surface area contributed by atoms with Crippen LogP contribution in [-0.4, -0.2) is 71.4 Å². The Morgan fingerprint density at radius 1 is 0.971 bits per heavy atom. The topological polar surface area (TPSA) is 74.2 Å². The van der Waals surface area contributed by atoms with Gasteiger partial charge in [0, 0.05) is 43.7 Å². The fraction of sp³-hybridized carbons (Fsp3) is 0.296.